The molecule has 0 spiro atoms. The average molecular weight is 457 g/mol. The fourth-order valence-corrected chi connectivity index (χ4v) is 3.96. The van der Waals surface area contributed by atoms with E-state index in [9.17, 15) is 18.0 Å². The minimum atomic E-state index is -4.44. The smallest absolute Gasteiger partial charge is 0.340 e. The number of nitrogens with zero attached hydrogens (tertiary/aromatic N) is 2. The van der Waals surface area contributed by atoms with Crippen molar-refractivity contribution in [2.75, 3.05) is 23.3 Å². The van der Waals surface area contributed by atoms with Crippen LogP contribution in [0.3, 0.4) is 0 Å². The molecule has 1 fully saturated rings. The quantitative estimate of drug-likeness (QED) is 0.462. The molecule has 8 heteroatoms. The number of hydrogen-bond donors (Lipinski definition) is 1. The van der Waals surface area contributed by atoms with Crippen molar-refractivity contribution in [3.63, 3.8) is 0 Å². The number of piperidine rings is 1. The summed E-state index contributed by atoms with van der Waals surface area (Å²) in [6.45, 7) is 5.63. The number of carbonyl (C=O) groups is 1. The van der Waals surface area contributed by atoms with Crippen LogP contribution in [0.5, 0.6) is 0 Å². The van der Waals surface area contributed by atoms with E-state index >= 15 is 0 Å². The van der Waals surface area contributed by atoms with Crippen molar-refractivity contribution in [1.82, 2.24) is 5.16 Å². The molecule has 0 saturated carbocycles. The Kier molecular flexibility index (Phi) is 6.44. The first-order valence-corrected chi connectivity index (χ1v) is 11.1. The zero-order valence-electron chi connectivity index (χ0n) is 18.6. The van der Waals surface area contributed by atoms with Crippen LogP contribution in [0.25, 0.3) is 11.3 Å². The van der Waals surface area contributed by atoms with E-state index in [4.69, 9.17) is 4.52 Å². The molecular weight excluding hydrogens is 431 g/mol. The number of alkyl halides is 3. The lowest BCUT2D eigenvalue weighted by atomic mass is 10.0. The van der Waals surface area contributed by atoms with Crippen LogP contribution in [0.4, 0.5) is 24.7 Å². The standard InChI is InChI=1S/C25H26F3N3O2/c1-16(2)17-8-12-20(13-9-17)29-23(32)21-22(18-6-10-19(11-7-18)25(26,27)28)30-33-24(21)31-14-4-3-5-15-31/h6-13,16H,3-5,14-15H2,1-2H3,(H,29,32). The zero-order chi connectivity index (χ0) is 23.6. The van der Waals surface area contributed by atoms with Crippen LogP contribution >= 0.6 is 0 Å². The van der Waals surface area contributed by atoms with Crippen molar-refractivity contribution in [2.24, 2.45) is 0 Å². The molecule has 2 heterocycles. The lowest BCUT2D eigenvalue weighted by molar-refractivity contribution is -0.137. The number of halogens is 3. The van der Waals surface area contributed by atoms with Crippen molar-refractivity contribution in [3.05, 3.63) is 65.2 Å². The van der Waals surface area contributed by atoms with Crippen LogP contribution in [0.2, 0.25) is 0 Å². The highest BCUT2D eigenvalue weighted by atomic mass is 19.4. The number of benzene rings is 2. The lowest BCUT2D eigenvalue weighted by Gasteiger charge is -2.26. The number of carbonyl (C=O) groups excluding carboxylic acids is 1. The Morgan fingerprint density at radius 1 is 1.00 bits per heavy atom. The summed E-state index contributed by atoms with van der Waals surface area (Å²) in [6.07, 6.45) is -1.41. The summed E-state index contributed by atoms with van der Waals surface area (Å²) in [5, 5.41) is 6.98. The summed E-state index contributed by atoms with van der Waals surface area (Å²) in [5.41, 5.74) is 1.84. The van der Waals surface area contributed by atoms with Crippen LogP contribution in [-0.4, -0.2) is 24.2 Å². The van der Waals surface area contributed by atoms with Crippen LogP contribution < -0.4 is 10.2 Å². The molecule has 0 radical (unpaired) electrons. The molecule has 1 aliphatic heterocycles. The molecule has 1 aliphatic rings. The molecule has 1 N–H and O–H groups in total. The number of nitrogens with one attached hydrogen (secondary N) is 1. The number of anilines is 2. The largest absolute Gasteiger partial charge is 0.416 e. The topological polar surface area (TPSA) is 58.4 Å². The first-order valence-electron chi connectivity index (χ1n) is 11.1. The van der Waals surface area contributed by atoms with Gasteiger partial charge in [0.1, 0.15) is 11.3 Å². The van der Waals surface area contributed by atoms with Crippen molar-refractivity contribution in [1.29, 1.82) is 0 Å². The summed E-state index contributed by atoms with van der Waals surface area (Å²) in [7, 11) is 0. The minimum absolute atomic E-state index is 0.223. The summed E-state index contributed by atoms with van der Waals surface area (Å²) in [4.78, 5) is 15.3. The number of aromatic nitrogens is 1. The molecule has 3 aromatic rings. The summed E-state index contributed by atoms with van der Waals surface area (Å²) >= 11 is 0. The van der Waals surface area contributed by atoms with Crippen LogP contribution in [0.1, 0.15) is 60.5 Å². The van der Waals surface area contributed by atoms with Gasteiger partial charge in [0, 0.05) is 24.3 Å². The number of amides is 1. The van der Waals surface area contributed by atoms with Gasteiger partial charge >= 0.3 is 6.18 Å². The Morgan fingerprint density at radius 2 is 1.64 bits per heavy atom. The predicted octanol–water partition coefficient (Wildman–Crippen LogP) is 6.73. The Hall–Kier alpha value is -3.29. The van der Waals surface area contributed by atoms with Gasteiger partial charge in [-0.3, -0.25) is 4.79 Å². The second-order valence-electron chi connectivity index (χ2n) is 8.56. The second kappa shape index (κ2) is 9.29. The molecule has 1 aromatic heterocycles. The maximum atomic E-state index is 13.4. The zero-order valence-corrected chi connectivity index (χ0v) is 18.6. The van der Waals surface area contributed by atoms with E-state index < -0.39 is 17.6 Å². The van der Waals surface area contributed by atoms with E-state index in [-0.39, 0.29) is 11.3 Å². The van der Waals surface area contributed by atoms with E-state index in [1.165, 1.54) is 12.1 Å². The third-order valence-electron chi connectivity index (χ3n) is 5.87. The van der Waals surface area contributed by atoms with Crippen molar-refractivity contribution in [3.8, 4) is 11.3 Å². The highest BCUT2D eigenvalue weighted by Crippen LogP contribution is 2.35. The Labute approximate surface area is 190 Å². The van der Waals surface area contributed by atoms with Gasteiger partial charge in [-0.2, -0.15) is 13.2 Å². The Bertz CT molecular complexity index is 1100. The average Bonchev–Trinajstić information content (AvgIpc) is 3.25. The summed E-state index contributed by atoms with van der Waals surface area (Å²) in [5.74, 6) is 0.301. The number of hydrogen-bond acceptors (Lipinski definition) is 4. The Balaban J connectivity index is 1.69. The molecule has 2 aromatic carbocycles. The molecule has 0 aliphatic carbocycles. The van der Waals surface area contributed by atoms with Gasteiger partial charge in [0.15, 0.2) is 0 Å². The normalized spacial score (nSPS) is 14.5. The molecule has 4 rings (SSSR count). The molecule has 0 atom stereocenters. The number of rotatable bonds is 5. The third kappa shape index (κ3) is 5.05. The van der Waals surface area contributed by atoms with Crippen molar-refractivity contribution in [2.45, 2.75) is 45.2 Å². The van der Waals surface area contributed by atoms with Gasteiger partial charge in [-0.25, -0.2) is 0 Å². The van der Waals surface area contributed by atoms with Gasteiger partial charge in [0.2, 0.25) is 5.88 Å². The minimum Gasteiger partial charge on any atom is -0.340 e. The second-order valence-corrected chi connectivity index (χ2v) is 8.56. The predicted molar refractivity (Wildman–Crippen MR) is 121 cm³/mol. The van der Waals surface area contributed by atoms with Gasteiger partial charge in [0.05, 0.1) is 5.56 Å². The molecule has 0 bridgehead atoms. The third-order valence-corrected chi connectivity index (χ3v) is 5.87. The van der Waals surface area contributed by atoms with Crippen LogP contribution in [0.15, 0.2) is 53.1 Å². The maximum Gasteiger partial charge on any atom is 0.416 e. The monoisotopic (exact) mass is 457 g/mol. The van der Waals surface area contributed by atoms with E-state index in [0.717, 1.165) is 50.0 Å². The molecular formula is C25H26F3N3O2. The summed E-state index contributed by atoms with van der Waals surface area (Å²) < 4.78 is 44.6. The van der Waals surface area contributed by atoms with Gasteiger partial charge in [-0.15, -0.1) is 0 Å². The van der Waals surface area contributed by atoms with Gasteiger partial charge in [-0.05, 0) is 55.0 Å². The fourth-order valence-electron chi connectivity index (χ4n) is 3.96. The highest BCUT2D eigenvalue weighted by molar-refractivity contribution is 6.11. The maximum absolute atomic E-state index is 13.4. The van der Waals surface area contributed by atoms with Crippen LogP contribution in [-0.2, 0) is 6.18 Å². The molecule has 0 unspecified atom stereocenters. The van der Waals surface area contributed by atoms with Gasteiger partial charge < -0.3 is 14.7 Å². The fraction of sp³-hybridized carbons (Fsp3) is 0.360. The Morgan fingerprint density at radius 3 is 2.21 bits per heavy atom. The first kappa shape index (κ1) is 22.9. The van der Waals surface area contributed by atoms with E-state index in [2.05, 4.69) is 24.3 Å². The SMILES string of the molecule is CC(C)c1ccc(NC(=O)c2c(-c3ccc(C(F)(F)F)cc3)noc2N2CCCCC2)cc1. The molecule has 1 amide bonds. The van der Waals surface area contributed by atoms with E-state index in [1.54, 1.807) is 0 Å². The highest BCUT2D eigenvalue weighted by Gasteiger charge is 2.32. The van der Waals surface area contributed by atoms with Gasteiger partial charge in [-0.1, -0.05) is 43.3 Å². The van der Waals surface area contributed by atoms with E-state index in [0.29, 0.717) is 23.1 Å². The molecule has 33 heavy (non-hydrogen) atoms. The van der Waals surface area contributed by atoms with Gasteiger partial charge in [0.25, 0.3) is 5.91 Å². The molecule has 1 saturated heterocycles. The first-order chi connectivity index (χ1) is 15.7. The van der Waals surface area contributed by atoms with Crippen molar-refractivity contribution < 1.29 is 22.5 Å². The lowest BCUT2D eigenvalue weighted by Crippen LogP contribution is -2.30. The molecule has 5 nitrogen and oxygen atoms in total. The molecule has 174 valence electrons. The summed E-state index contributed by atoms with van der Waals surface area (Å²) in [6, 6.07) is 12.2. The van der Waals surface area contributed by atoms with Crippen LogP contribution in [0, 0.1) is 0 Å². The van der Waals surface area contributed by atoms with E-state index in [1.807, 2.05) is 29.2 Å². The van der Waals surface area contributed by atoms with Crippen molar-refractivity contribution >= 4 is 17.5 Å².